The highest BCUT2D eigenvalue weighted by Gasteiger charge is 2.26. The maximum Gasteiger partial charge on any atom is 0.144 e. The number of nitrogens with one attached hydrogen (secondary N) is 1. The molecule has 1 aromatic rings. The molecular formula is C17H23N3O. The van der Waals surface area contributed by atoms with Gasteiger partial charge in [0.15, 0.2) is 0 Å². The van der Waals surface area contributed by atoms with Gasteiger partial charge in [-0.3, -0.25) is 0 Å². The largest absolute Gasteiger partial charge is 0.378 e. The fraction of sp³-hybridized carbons (Fsp3) is 0.647. The van der Waals surface area contributed by atoms with Gasteiger partial charge in [-0.25, -0.2) is 4.98 Å². The van der Waals surface area contributed by atoms with E-state index in [-0.39, 0.29) is 0 Å². The predicted octanol–water partition coefficient (Wildman–Crippen LogP) is 3.06. The first kappa shape index (κ1) is 14.3. The molecule has 2 heterocycles. The first-order valence-electron chi connectivity index (χ1n) is 8.10. The molecule has 1 aliphatic heterocycles. The summed E-state index contributed by atoms with van der Waals surface area (Å²) in [5.41, 5.74) is 3.12. The second-order valence-corrected chi connectivity index (χ2v) is 6.06. The molecule has 1 saturated heterocycles. The van der Waals surface area contributed by atoms with Gasteiger partial charge in [0.05, 0.1) is 11.7 Å². The highest BCUT2D eigenvalue weighted by atomic mass is 16.5. The summed E-state index contributed by atoms with van der Waals surface area (Å²) in [4.78, 5) is 4.72. The first-order chi connectivity index (χ1) is 10.3. The summed E-state index contributed by atoms with van der Waals surface area (Å²) in [6, 6.07) is 4.32. The number of hydrogen-bond donors (Lipinski definition) is 1. The van der Waals surface area contributed by atoms with Crippen molar-refractivity contribution in [3.8, 4) is 6.07 Å². The normalized spacial score (nSPS) is 24.4. The van der Waals surface area contributed by atoms with Crippen LogP contribution in [-0.2, 0) is 17.6 Å². The molecule has 0 amide bonds. The van der Waals surface area contributed by atoms with E-state index in [1.807, 2.05) is 6.07 Å². The van der Waals surface area contributed by atoms with Crippen molar-refractivity contribution in [3.05, 3.63) is 22.9 Å². The van der Waals surface area contributed by atoms with Gasteiger partial charge in [0.1, 0.15) is 11.9 Å². The summed E-state index contributed by atoms with van der Waals surface area (Å²) >= 11 is 0. The molecule has 1 fully saturated rings. The Morgan fingerprint density at radius 3 is 3.10 bits per heavy atom. The molecule has 4 nitrogen and oxygen atoms in total. The number of ether oxygens (including phenoxy) is 1. The van der Waals surface area contributed by atoms with E-state index in [1.165, 1.54) is 24.1 Å². The lowest BCUT2D eigenvalue weighted by molar-refractivity contribution is 0.0900. The third-order valence-electron chi connectivity index (χ3n) is 4.70. The first-order valence-corrected chi connectivity index (χ1v) is 8.10. The Morgan fingerprint density at radius 2 is 2.29 bits per heavy atom. The number of fused-ring (bicyclic) bond motifs is 1. The van der Waals surface area contributed by atoms with Crippen molar-refractivity contribution in [2.24, 2.45) is 5.92 Å². The molecule has 1 aliphatic carbocycles. The van der Waals surface area contributed by atoms with Gasteiger partial charge in [-0.2, -0.15) is 5.26 Å². The van der Waals surface area contributed by atoms with E-state index in [2.05, 4.69) is 18.3 Å². The Hall–Kier alpha value is -1.60. The number of nitrogens with zero attached hydrogens (tertiary/aromatic N) is 2. The minimum Gasteiger partial charge on any atom is -0.378 e. The molecule has 112 valence electrons. The molecule has 1 aromatic heterocycles. The highest BCUT2D eigenvalue weighted by molar-refractivity contribution is 5.54. The molecule has 21 heavy (non-hydrogen) atoms. The van der Waals surface area contributed by atoms with Crippen LogP contribution in [0.3, 0.4) is 0 Å². The molecule has 3 rings (SSSR count). The van der Waals surface area contributed by atoms with Crippen LogP contribution in [0.15, 0.2) is 6.07 Å². The summed E-state index contributed by atoms with van der Waals surface area (Å²) in [5.74, 6) is 1.29. The lowest BCUT2D eigenvalue weighted by Gasteiger charge is -2.20. The van der Waals surface area contributed by atoms with Crippen LogP contribution in [0.5, 0.6) is 0 Å². The van der Waals surface area contributed by atoms with Crippen LogP contribution in [0.4, 0.5) is 5.82 Å². The van der Waals surface area contributed by atoms with Gasteiger partial charge in [-0.15, -0.1) is 0 Å². The second-order valence-electron chi connectivity index (χ2n) is 6.06. The summed E-state index contributed by atoms with van der Waals surface area (Å²) in [7, 11) is 0. The average molecular weight is 285 g/mol. The van der Waals surface area contributed by atoms with Gasteiger partial charge >= 0.3 is 0 Å². The van der Waals surface area contributed by atoms with Crippen molar-refractivity contribution in [1.82, 2.24) is 4.98 Å². The summed E-state index contributed by atoms with van der Waals surface area (Å²) in [6.07, 6.45) is 7.02. The lowest BCUT2D eigenvalue weighted by atomic mass is 9.94. The number of nitriles is 1. The van der Waals surface area contributed by atoms with Crippen LogP contribution in [0.25, 0.3) is 0 Å². The quantitative estimate of drug-likeness (QED) is 0.923. The fourth-order valence-electron chi connectivity index (χ4n) is 3.46. The van der Waals surface area contributed by atoms with Crippen molar-refractivity contribution >= 4 is 5.82 Å². The van der Waals surface area contributed by atoms with Gasteiger partial charge in [-0.1, -0.05) is 6.92 Å². The van der Waals surface area contributed by atoms with E-state index in [9.17, 15) is 5.26 Å². The van der Waals surface area contributed by atoms with Crippen LogP contribution >= 0.6 is 0 Å². The standard InChI is InChI=1S/C17H23N3O/c1-2-16-13(7-8-21-16)11-19-17-14(10-18)9-12-5-3-4-6-15(12)20-17/h9,13,16H,2-8,11H2,1H3,(H,19,20). The molecule has 0 bridgehead atoms. The van der Waals surface area contributed by atoms with E-state index < -0.39 is 0 Å². The minimum atomic E-state index is 0.348. The molecular weight excluding hydrogens is 262 g/mol. The van der Waals surface area contributed by atoms with Crippen LogP contribution in [-0.4, -0.2) is 24.2 Å². The third-order valence-corrected chi connectivity index (χ3v) is 4.70. The van der Waals surface area contributed by atoms with Crippen LogP contribution in [0.2, 0.25) is 0 Å². The zero-order valence-corrected chi connectivity index (χ0v) is 12.7. The summed E-state index contributed by atoms with van der Waals surface area (Å²) in [5, 5.41) is 12.8. The zero-order valence-electron chi connectivity index (χ0n) is 12.7. The summed E-state index contributed by atoms with van der Waals surface area (Å²) < 4.78 is 5.72. The van der Waals surface area contributed by atoms with Crippen LogP contribution in [0.1, 0.15) is 49.4 Å². The molecule has 4 heteroatoms. The van der Waals surface area contributed by atoms with E-state index in [4.69, 9.17) is 9.72 Å². The molecule has 2 aliphatic rings. The van der Waals surface area contributed by atoms with E-state index in [0.29, 0.717) is 17.6 Å². The number of pyridine rings is 1. The fourth-order valence-corrected chi connectivity index (χ4v) is 3.46. The molecule has 0 spiro atoms. The van der Waals surface area contributed by atoms with Gasteiger partial charge in [0.2, 0.25) is 0 Å². The van der Waals surface area contributed by atoms with Crippen LogP contribution in [0, 0.1) is 17.2 Å². The number of rotatable bonds is 4. The minimum absolute atomic E-state index is 0.348. The number of hydrogen-bond acceptors (Lipinski definition) is 4. The third kappa shape index (κ3) is 3.03. The van der Waals surface area contributed by atoms with Crippen molar-refractivity contribution in [2.75, 3.05) is 18.5 Å². The van der Waals surface area contributed by atoms with Crippen molar-refractivity contribution in [1.29, 1.82) is 5.26 Å². The molecule has 0 aromatic carbocycles. The Bertz CT molecular complexity index is 550. The molecule has 2 atom stereocenters. The number of anilines is 1. The Kier molecular flexibility index (Phi) is 4.40. The summed E-state index contributed by atoms with van der Waals surface area (Å²) in [6.45, 7) is 3.87. The highest BCUT2D eigenvalue weighted by Crippen LogP contribution is 2.27. The van der Waals surface area contributed by atoms with E-state index in [0.717, 1.165) is 44.7 Å². The molecule has 2 unspecified atom stereocenters. The Balaban J connectivity index is 1.74. The molecule has 0 saturated carbocycles. The molecule has 1 N–H and O–H groups in total. The van der Waals surface area contributed by atoms with E-state index in [1.54, 1.807) is 0 Å². The van der Waals surface area contributed by atoms with Crippen molar-refractivity contribution in [3.63, 3.8) is 0 Å². The van der Waals surface area contributed by atoms with Crippen LogP contribution < -0.4 is 5.32 Å². The number of aryl methyl sites for hydroxylation is 2. The van der Waals surface area contributed by atoms with E-state index >= 15 is 0 Å². The topological polar surface area (TPSA) is 57.9 Å². The van der Waals surface area contributed by atoms with Crippen molar-refractivity contribution in [2.45, 2.75) is 51.6 Å². The SMILES string of the molecule is CCC1OCCC1CNc1nc2c(cc1C#N)CCCC2. The zero-order chi connectivity index (χ0) is 14.7. The Morgan fingerprint density at radius 1 is 1.43 bits per heavy atom. The van der Waals surface area contributed by atoms with Gasteiger partial charge < -0.3 is 10.1 Å². The Labute approximate surface area is 126 Å². The predicted molar refractivity (Wildman–Crippen MR) is 82.2 cm³/mol. The molecule has 0 radical (unpaired) electrons. The average Bonchev–Trinajstić information content (AvgIpc) is 2.99. The maximum absolute atomic E-state index is 9.36. The van der Waals surface area contributed by atoms with Gasteiger partial charge in [-0.05, 0) is 50.2 Å². The number of aromatic nitrogens is 1. The monoisotopic (exact) mass is 285 g/mol. The lowest BCUT2D eigenvalue weighted by Crippen LogP contribution is -2.23. The van der Waals surface area contributed by atoms with Gasteiger partial charge in [0, 0.05) is 24.8 Å². The smallest absolute Gasteiger partial charge is 0.144 e. The van der Waals surface area contributed by atoms with Crippen molar-refractivity contribution < 1.29 is 4.74 Å². The second kappa shape index (κ2) is 6.44. The van der Waals surface area contributed by atoms with Gasteiger partial charge in [0.25, 0.3) is 0 Å². The maximum atomic E-state index is 9.36.